The van der Waals surface area contributed by atoms with E-state index in [9.17, 15) is 9.59 Å². The molecule has 6 nitrogen and oxygen atoms in total. The first-order valence-corrected chi connectivity index (χ1v) is 8.71. The van der Waals surface area contributed by atoms with Crippen LogP contribution in [0.1, 0.15) is 34.1 Å². The summed E-state index contributed by atoms with van der Waals surface area (Å²) >= 11 is 0. The van der Waals surface area contributed by atoms with Gasteiger partial charge in [-0.25, -0.2) is 10.2 Å². The molecule has 0 bridgehead atoms. The van der Waals surface area contributed by atoms with Crippen LogP contribution in [0.15, 0.2) is 59.7 Å². The Morgan fingerprint density at radius 1 is 1.00 bits per heavy atom. The number of benzene rings is 2. The Balaban J connectivity index is 1.98. The number of hydrogen-bond acceptors (Lipinski definition) is 4. The highest BCUT2D eigenvalue weighted by atomic mass is 16.6. The van der Waals surface area contributed by atoms with Gasteiger partial charge in [-0.05, 0) is 39.3 Å². The van der Waals surface area contributed by atoms with Gasteiger partial charge in [-0.15, -0.1) is 0 Å². The second kappa shape index (κ2) is 8.98. The predicted octanol–water partition coefficient (Wildman–Crippen LogP) is 4.58. The van der Waals surface area contributed by atoms with Crippen molar-refractivity contribution in [3.63, 3.8) is 0 Å². The summed E-state index contributed by atoms with van der Waals surface area (Å²) in [5, 5.41) is 6.80. The molecule has 2 amide bonds. The lowest BCUT2D eigenvalue weighted by atomic mass is 10.0. The number of anilines is 1. The van der Waals surface area contributed by atoms with Gasteiger partial charge in [-0.1, -0.05) is 48.5 Å². The van der Waals surface area contributed by atoms with Crippen LogP contribution in [-0.4, -0.2) is 23.3 Å². The molecule has 2 aromatic rings. The van der Waals surface area contributed by atoms with E-state index in [-0.39, 0.29) is 12.3 Å². The van der Waals surface area contributed by atoms with Gasteiger partial charge in [0.2, 0.25) is 5.91 Å². The Morgan fingerprint density at radius 2 is 1.63 bits per heavy atom. The Morgan fingerprint density at radius 3 is 2.30 bits per heavy atom. The first-order valence-electron chi connectivity index (χ1n) is 8.71. The van der Waals surface area contributed by atoms with Crippen LogP contribution < -0.4 is 10.7 Å². The molecular weight excluding hydrogens is 342 g/mol. The molecule has 0 aliphatic rings. The molecular formula is C21H25N3O3. The van der Waals surface area contributed by atoms with E-state index < -0.39 is 11.7 Å². The second-order valence-corrected chi connectivity index (χ2v) is 7.10. The van der Waals surface area contributed by atoms with Gasteiger partial charge in [-0.2, -0.15) is 5.10 Å². The Labute approximate surface area is 159 Å². The molecule has 27 heavy (non-hydrogen) atoms. The molecule has 2 aromatic carbocycles. The zero-order valence-corrected chi connectivity index (χ0v) is 16.1. The van der Waals surface area contributed by atoms with E-state index in [0.717, 1.165) is 16.8 Å². The molecule has 6 heteroatoms. The van der Waals surface area contributed by atoms with Crippen molar-refractivity contribution in [1.29, 1.82) is 0 Å². The van der Waals surface area contributed by atoms with Crippen LogP contribution in [0.3, 0.4) is 0 Å². The van der Waals surface area contributed by atoms with Gasteiger partial charge in [0.05, 0.1) is 6.42 Å². The molecule has 142 valence electrons. The minimum absolute atomic E-state index is 0.0545. The van der Waals surface area contributed by atoms with Gasteiger partial charge in [0.15, 0.2) is 0 Å². The quantitative estimate of drug-likeness (QED) is 0.599. The fourth-order valence-electron chi connectivity index (χ4n) is 2.37. The van der Waals surface area contributed by atoms with Gasteiger partial charge in [-0.3, -0.25) is 4.79 Å². The maximum atomic E-state index is 12.3. The van der Waals surface area contributed by atoms with Crippen LogP contribution in [0.2, 0.25) is 0 Å². The standard InChI is InChI=1S/C21H25N3O3/c1-15(23-24-20(26)27-21(2,3)4)14-19(25)22-18-13-9-8-12-17(18)16-10-6-5-7-11-16/h5-13H,14H2,1-4H3,(H,22,25)(H,24,26)/b23-15-. The number of hydrogen-bond donors (Lipinski definition) is 2. The molecule has 0 aliphatic heterocycles. The molecule has 0 fully saturated rings. The Bertz CT molecular complexity index is 824. The summed E-state index contributed by atoms with van der Waals surface area (Å²) < 4.78 is 5.10. The summed E-state index contributed by atoms with van der Waals surface area (Å²) in [5.74, 6) is -0.217. The number of nitrogens with one attached hydrogen (secondary N) is 2. The number of nitrogens with zero attached hydrogens (tertiary/aromatic N) is 1. The number of carbonyl (C=O) groups excluding carboxylic acids is 2. The topological polar surface area (TPSA) is 79.8 Å². The van der Waals surface area contributed by atoms with Crippen molar-refractivity contribution in [3.05, 3.63) is 54.6 Å². The minimum Gasteiger partial charge on any atom is -0.443 e. The molecule has 2 N–H and O–H groups in total. The highest BCUT2D eigenvalue weighted by molar-refractivity contribution is 6.07. The zero-order valence-electron chi connectivity index (χ0n) is 16.1. The highest BCUT2D eigenvalue weighted by Gasteiger charge is 2.16. The maximum absolute atomic E-state index is 12.3. The summed E-state index contributed by atoms with van der Waals surface area (Å²) in [6, 6.07) is 17.4. The molecule has 0 saturated heterocycles. The van der Waals surface area contributed by atoms with Crippen LogP contribution >= 0.6 is 0 Å². The molecule has 0 radical (unpaired) electrons. The third kappa shape index (κ3) is 6.93. The van der Waals surface area contributed by atoms with Gasteiger partial charge < -0.3 is 10.1 Å². The summed E-state index contributed by atoms with van der Waals surface area (Å²) in [4.78, 5) is 23.9. The summed E-state index contributed by atoms with van der Waals surface area (Å²) in [7, 11) is 0. The van der Waals surface area contributed by atoms with Crippen molar-refractivity contribution in [1.82, 2.24) is 5.43 Å². The largest absolute Gasteiger partial charge is 0.443 e. The normalized spacial score (nSPS) is 11.6. The average Bonchev–Trinajstić information content (AvgIpc) is 2.60. The van der Waals surface area contributed by atoms with Gasteiger partial charge in [0, 0.05) is 17.0 Å². The van der Waals surface area contributed by atoms with E-state index in [4.69, 9.17) is 4.74 Å². The number of para-hydroxylation sites is 1. The van der Waals surface area contributed by atoms with E-state index >= 15 is 0 Å². The van der Waals surface area contributed by atoms with Crippen molar-refractivity contribution in [2.45, 2.75) is 39.7 Å². The fraction of sp³-hybridized carbons (Fsp3) is 0.286. The number of carbonyl (C=O) groups is 2. The lowest BCUT2D eigenvalue weighted by Gasteiger charge is -2.18. The molecule has 0 heterocycles. The lowest BCUT2D eigenvalue weighted by Crippen LogP contribution is -2.30. The zero-order chi connectivity index (χ0) is 19.9. The molecule has 0 aliphatic carbocycles. The first-order chi connectivity index (χ1) is 12.7. The number of amides is 2. The van der Waals surface area contributed by atoms with Crippen LogP contribution in [0.4, 0.5) is 10.5 Å². The van der Waals surface area contributed by atoms with Crippen molar-refractivity contribution < 1.29 is 14.3 Å². The monoisotopic (exact) mass is 367 g/mol. The van der Waals surface area contributed by atoms with Crippen molar-refractivity contribution >= 4 is 23.4 Å². The maximum Gasteiger partial charge on any atom is 0.428 e. The van der Waals surface area contributed by atoms with E-state index in [1.807, 2.05) is 54.6 Å². The fourth-order valence-corrected chi connectivity index (χ4v) is 2.37. The van der Waals surface area contributed by atoms with Gasteiger partial charge in [0.1, 0.15) is 5.60 Å². The Hall–Kier alpha value is -3.15. The third-order valence-electron chi connectivity index (χ3n) is 3.44. The summed E-state index contributed by atoms with van der Waals surface area (Å²) in [6.07, 6.45) is -0.601. The van der Waals surface area contributed by atoms with Crippen molar-refractivity contribution in [2.24, 2.45) is 5.10 Å². The predicted molar refractivity (Wildman–Crippen MR) is 108 cm³/mol. The number of ether oxygens (including phenoxy) is 1. The third-order valence-corrected chi connectivity index (χ3v) is 3.44. The SMILES string of the molecule is C/C(CC(=O)Nc1ccccc1-c1ccccc1)=N/NC(=O)OC(C)(C)C. The first kappa shape index (κ1) is 20.2. The van der Waals surface area contributed by atoms with Crippen LogP contribution in [0, 0.1) is 0 Å². The van der Waals surface area contributed by atoms with Crippen molar-refractivity contribution in [2.75, 3.05) is 5.32 Å². The Kier molecular flexibility index (Phi) is 6.71. The van der Waals surface area contributed by atoms with E-state index in [0.29, 0.717) is 5.71 Å². The second-order valence-electron chi connectivity index (χ2n) is 7.10. The molecule has 2 rings (SSSR count). The van der Waals surface area contributed by atoms with Crippen LogP contribution in [-0.2, 0) is 9.53 Å². The average molecular weight is 367 g/mol. The minimum atomic E-state index is -0.656. The van der Waals surface area contributed by atoms with E-state index in [1.165, 1.54) is 0 Å². The summed E-state index contributed by atoms with van der Waals surface area (Å²) in [6.45, 7) is 6.96. The molecule has 0 spiro atoms. The highest BCUT2D eigenvalue weighted by Crippen LogP contribution is 2.27. The molecule has 0 atom stereocenters. The molecule has 0 aromatic heterocycles. The van der Waals surface area contributed by atoms with E-state index in [1.54, 1.807) is 27.7 Å². The molecule has 0 saturated carbocycles. The van der Waals surface area contributed by atoms with Crippen LogP contribution in [0.5, 0.6) is 0 Å². The smallest absolute Gasteiger partial charge is 0.428 e. The number of rotatable bonds is 5. The number of hydrazone groups is 1. The van der Waals surface area contributed by atoms with Gasteiger partial charge >= 0.3 is 6.09 Å². The van der Waals surface area contributed by atoms with E-state index in [2.05, 4.69) is 15.8 Å². The van der Waals surface area contributed by atoms with Gasteiger partial charge in [0.25, 0.3) is 0 Å². The molecule has 0 unspecified atom stereocenters. The summed E-state index contributed by atoms with van der Waals surface area (Å²) in [5.41, 5.74) is 4.84. The van der Waals surface area contributed by atoms with Crippen LogP contribution in [0.25, 0.3) is 11.1 Å². The lowest BCUT2D eigenvalue weighted by molar-refractivity contribution is -0.115. The van der Waals surface area contributed by atoms with Crippen molar-refractivity contribution in [3.8, 4) is 11.1 Å².